The molecular formula is C11H13Cl2FN5O3PS. The minimum atomic E-state index is -2.98. The lowest BCUT2D eigenvalue weighted by Crippen LogP contribution is -2.31. The third-order valence-electron chi connectivity index (χ3n) is 3.55. The SMILES string of the molecule is CNc1ncnc2c1ncn2[C@@H]1O[C@H](COP(=S)(Cl)Cl)C(O)[C@@H]1F. The molecule has 2 aromatic rings. The van der Waals surface area contributed by atoms with Crippen molar-refractivity contribution in [3.63, 3.8) is 0 Å². The van der Waals surface area contributed by atoms with Crippen molar-refractivity contribution < 1.29 is 18.8 Å². The summed E-state index contributed by atoms with van der Waals surface area (Å²) in [5.74, 6) is 0.498. The van der Waals surface area contributed by atoms with Crippen LogP contribution in [0.1, 0.15) is 6.23 Å². The summed E-state index contributed by atoms with van der Waals surface area (Å²) in [6.07, 6.45) is -2.53. The molecule has 0 bridgehead atoms. The average molecular weight is 416 g/mol. The summed E-state index contributed by atoms with van der Waals surface area (Å²) in [6, 6.07) is 0. The molecule has 8 nitrogen and oxygen atoms in total. The number of nitrogens with zero attached hydrogens (tertiary/aromatic N) is 4. The first-order valence-corrected chi connectivity index (χ1v) is 11.3. The summed E-state index contributed by atoms with van der Waals surface area (Å²) in [4.78, 5) is 9.32. The Kier molecular flexibility index (Phi) is 5.27. The van der Waals surface area contributed by atoms with Gasteiger partial charge in [0.2, 0.25) is 4.97 Å². The van der Waals surface area contributed by atoms with Gasteiger partial charge in [0.25, 0.3) is 0 Å². The van der Waals surface area contributed by atoms with Crippen LogP contribution in [0.15, 0.2) is 12.7 Å². The van der Waals surface area contributed by atoms with Gasteiger partial charge in [-0.25, -0.2) is 19.3 Å². The summed E-state index contributed by atoms with van der Waals surface area (Å²) in [5, 5.41) is 12.9. The minimum Gasteiger partial charge on any atom is -0.387 e. The Bertz CT molecular complexity index is 792. The first-order chi connectivity index (χ1) is 11.3. The number of aromatic nitrogens is 4. The lowest BCUT2D eigenvalue weighted by Gasteiger charge is -2.16. The molecule has 13 heteroatoms. The highest BCUT2D eigenvalue weighted by molar-refractivity contribution is 8.36. The monoisotopic (exact) mass is 415 g/mol. The first-order valence-electron chi connectivity index (χ1n) is 6.78. The topological polar surface area (TPSA) is 94.3 Å². The highest BCUT2D eigenvalue weighted by Gasteiger charge is 2.46. The van der Waals surface area contributed by atoms with Crippen LogP contribution < -0.4 is 5.32 Å². The quantitative estimate of drug-likeness (QED) is 0.717. The minimum absolute atomic E-state index is 0.217. The predicted octanol–water partition coefficient (Wildman–Crippen LogP) is 2.18. The molecule has 24 heavy (non-hydrogen) atoms. The van der Waals surface area contributed by atoms with Crippen molar-refractivity contribution in [2.45, 2.75) is 24.6 Å². The maximum absolute atomic E-state index is 14.5. The van der Waals surface area contributed by atoms with E-state index in [9.17, 15) is 9.50 Å². The number of hydrogen-bond donors (Lipinski definition) is 2. The molecule has 1 saturated heterocycles. The molecule has 2 N–H and O–H groups in total. The largest absolute Gasteiger partial charge is 0.387 e. The van der Waals surface area contributed by atoms with Crippen LogP contribution in [0.3, 0.4) is 0 Å². The Balaban J connectivity index is 1.86. The van der Waals surface area contributed by atoms with Gasteiger partial charge in [-0.05, 0) is 34.3 Å². The molecule has 1 aliphatic rings. The molecular weight excluding hydrogens is 403 g/mol. The Hall–Kier alpha value is -0.610. The van der Waals surface area contributed by atoms with Crippen molar-refractivity contribution in [3.8, 4) is 0 Å². The molecule has 1 aliphatic heterocycles. The smallest absolute Gasteiger partial charge is 0.240 e. The van der Waals surface area contributed by atoms with Crippen molar-refractivity contribution >= 4 is 56.2 Å². The van der Waals surface area contributed by atoms with Crippen LogP contribution in [0, 0.1) is 0 Å². The van der Waals surface area contributed by atoms with Gasteiger partial charge in [-0.3, -0.25) is 4.57 Å². The molecule has 4 atom stereocenters. The van der Waals surface area contributed by atoms with E-state index in [1.165, 1.54) is 17.2 Å². The number of nitrogens with one attached hydrogen (secondary N) is 1. The van der Waals surface area contributed by atoms with Crippen molar-refractivity contribution in [1.29, 1.82) is 0 Å². The van der Waals surface area contributed by atoms with Gasteiger partial charge in [-0.1, -0.05) is 0 Å². The summed E-state index contributed by atoms with van der Waals surface area (Å²) in [6.45, 7) is -0.217. The zero-order valence-corrected chi connectivity index (χ0v) is 15.4. The maximum Gasteiger partial charge on any atom is 0.240 e. The van der Waals surface area contributed by atoms with Crippen LogP contribution >= 0.6 is 27.5 Å². The number of aliphatic hydroxyl groups excluding tert-OH is 1. The third-order valence-corrected chi connectivity index (χ3v) is 4.90. The zero-order valence-electron chi connectivity index (χ0n) is 12.2. The van der Waals surface area contributed by atoms with Gasteiger partial charge >= 0.3 is 0 Å². The number of rotatable bonds is 5. The number of fused-ring (bicyclic) bond motifs is 1. The van der Waals surface area contributed by atoms with E-state index < -0.39 is 29.6 Å². The molecule has 1 fully saturated rings. The highest BCUT2D eigenvalue weighted by Crippen LogP contribution is 2.58. The number of ether oxygens (including phenoxy) is 1. The van der Waals surface area contributed by atoms with Crippen molar-refractivity contribution in [3.05, 3.63) is 12.7 Å². The van der Waals surface area contributed by atoms with Crippen molar-refractivity contribution in [2.24, 2.45) is 0 Å². The second-order valence-corrected chi connectivity index (χ2v) is 12.2. The Morgan fingerprint density at radius 2 is 2.25 bits per heavy atom. The van der Waals surface area contributed by atoms with E-state index in [1.54, 1.807) is 7.05 Å². The molecule has 0 radical (unpaired) electrons. The molecule has 3 heterocycles. The Morgan fingerprint density at radius 1 is 1.50 bits per heavy atom. The summed E-state index contributed by atoms with van der Waals surface area (Å²) in [7, 11) is 1.68. The van der Waals surface area contributed by atoms with Gasteiger partial charge in [-0.2, -0.15) is 0 Å². The van der Waals surface area contributed by atoms with Gasteiger partial charge in [0.15, 0.2) is 23.9 Å². The molecule has 2 aromatic heterocycles. The van der Waals surface area contributed by atoms with Gasteiger partial charge in [-0.15, -0.1) is 0 Å². The van der Waals surface area contributed by atoms with Gasteiger partial charge in [0.05, 0.1) is 12.9 Å². The number of anilines is 1. The van der Waals surface area contributed by atoms with Crippen LogP contribution in [0.4, 0.5) is 10.2 Å². The van der Waals surface area contributed by atoms with Crippen LogP contribution in [0.5, 0.6) is 0 Å². The van der Waals surface area contributed by atoms with E-state index in [1.807, 2.05) is 0 Å². The lowest BCUT2D eigenvalue weighted by molar-refractivity contribution is -0.0392. The van der Waals surface area contributed by atoms with Crippen LogP contribution in [0.25, 0.3) is 11.2 Å². The number of hydrogen-bond acceptors (Lipinski definition) is 8. The standard InChI is InChI=1S/C11H13Cl2FN5O3PS/c1-15-9-7-10(17-3-16-9)19(4-18-7)11-6(14)8(20)5(22-11)2-21-23(12,13)24/h3-6,8,11,20H,2H2,1H3,(H,15,16,17)/t5-,6+,8?,11-/m1/s1. The zero-order chi connectivity index (χ0) is 17.5. The van der Waals surface area contributed by atoms with Crippen molar-refractivity contribution in [2.75, 3.05) is 19.0 Å². The predicted molar refractivity (Wildman–Crippen MR) is 91.6 cm³/mol. The second-order valence-electron chi connectivity index (χ2n) is 5.01. The van der Waals surface area contributed by atoms with E-state index in [4.69, 9.17) is 43.5 Å². The lowest BCUT2D eigenvalue weighted by atomic mass is 10.1. The fourth-order valence-corrected chi connectivity index (χ4v) is 3.29. The number of imidazole rings is 1. The van der Waals surface area contributed by atoms with E-state index in [-0.39, 0.29) is 6.61 Å². The van der Waals surface area contributed by atoms with Gasteiger partial charge in [0.1, 0.15) is 24.1 Å². The summed E-state index contributed by atoms with van der Waals surface area (Å²) >= 11 is 16.0. The first kappa shape index (κ1) is 18.2. The van der Waals surface area contributed by atoms with E-state index in [0.717, 1.165) is 0 Å². The number of halogens is 3. The summed E-state index contributed by atoms with van der Waals surface area (Å²) < 4.78 is 26.5. The average Bonchev–Trinajstić information content (AvgIpc) is 3.07. The van der Waals surface area contributed by atoms with E-state index in [0.29, 0.717) is 17.0 Å². The molecule has 0 aliphatic carbocycles. The normalized spacial score (nSPS) is 27.7. The molecule has 0 spiro atoms. The molecule has 132 valence electrons. The van der Waals surface area contributed by atoms with Gasteiger partial charge in [0, 0.05) is 7.05 Å². The van der Waals surface area contributed by atoms with E-state index >= 15 is 0 Å². The van der Waals surface area contributed by atoms with Crippen LogP contribution in [-0.4, -0.2) is 56.7 Å². The van der Waals surface area contributed by atoms with E-state index in [2.05, 4.69) is 20.3 Å². The Labute approximate surface area is 151 Å². The molecule has 0 aromatic carbocycles. The van der Waals surface area contributed by atoms with Crippen LogP contribution in [-0.2, 0) is 21.1 Å². The molecule has 0 amide bonds. The third kappa shape index (κ3) is 3.50. The molecule has 3 rings (SSSR count). The fraction of sp³-hybridized carbons (Fsp3) is 0.545. The highest BCUT2D eigenvalue weighted by atomic mass is 35.9. The van der Waals surface area contributed by atoms with Crippen LogP contribution in [0.2, 0.25) is 0 Å². The second kappa shape index (κ2) is 6.95. The fourth-order valence-electron chi connectivity index (χ4n) is 2.45. The molecule has 1 unspecified atom stereocenters. The van der Waals surface area contributed by atoms with Crippen molar-refractivity contribution in [1.82, 2.24) is 19.5 Å². The number of aliphatic hydroxyl groups is 1. The number of alkyl halides is 1. The van der Waals surface area contributed by atoms with Gasteiger partial charge < -0.3 is 19.7 Å². The Morgan fingerprint density at radius 3 is 2.92 bits per heavy atom. The summed E-state index contributed by atoms with van der Waals surface area (Å²) in [5.41, 5.74) is 0.831. The maximum atomic E-state index is 14.5. The molecule has 0 saturated carbocycles.